The van der Waals surface area contributed by atoms with E-state index >= 15 is 0 Å². The van der Waals surface area contributed by atoms with Crippen LogP contribution in [0.15, 0.2) is 0 Å². The van der Waals surface area contributed by atoms with E-state index in [1.54, 1.807) is 0 Å². The van der Waals surface area contributed by atoms with Gasteiger partial charge in [0, 0.05) is 0 Å². The molecule has 0 aliphatic carbocycles. The van der Waals surface area contributed by atoms with Gasteiger partial charge in [-0.1, -0.05) is 55.4 Å². The van der Waals surface area contributed by atoms with Crippen molar-refractivity contribution in [3.63, 3.8) is 0 Å². The average Bonchev–Trinajstić information content (AvgIpc) is 2.69. The minimum atomic E-state index is 0.481. The van der Waals surface area contributed by atoms with E-state index in [2.05, 4.69) is 55.4 Å². The lowest BCUT2D eigenvalue weighted by molar-refractivity contribution is 0.00520. The van der Waals surface area contributed by atoms with Crippen molar-refractivity contribution in [3.05, 3.63) is 0 Å². The molecule has 1 nitrogen and oxygen atoms in total. The highest BCUT2D eigenvalue weighted by Crippen LogP contribution is 2.43. The van der Waals surface area contributed by atoms with E-state index in [4.69, 9.17) is 4.74 Å². The van der Waals surface area contributed by atoms with Gasteiger partial charge in [-0.15, -0.1) is 0 Å². The molecule has 0 spiro atoms. The van der Waals surface area contributed by atoms with Gasteiger partial charge in [-0.2, -0.15) is 0 Å². The van der Waals surface area contributed by atoms with Gasteiger partial charge in [-0.3, -0.25) is 0 Å². The average molecular weight is 268 g/mol. The van der Waals surface area contributed by atoms with Gasteiger partial charge in [-0.05, 0) is 47.8 Å². The Morgan fingerprint density at radius 3 is 1.84 bits per heavy atom. The van der Waals surface area contributed by atoms with E-state index in [-0.39, 0.29) is 0 Å². The predicted molar refractivity (Wildman–Crippen MR) is 84.2 cm³/mol. The van der Waals surface area contributed by atoms with Crippen LogP contribution < -0.4 is 0 Å². The molecule has 1 fully saturated rings. The van der Waals surface area contributed by atoms with Crippen molar-refractivity contribution >= 4 is 0 Å². The minimum absolute atomic E-state index is 0.481. The first-order chi connectivity index (χ1) is 8.75. The lowest BCUT2D eigenvalue weighted by atomic mass is 9.70. The van der Waals surface area contributed by atoms with Gasteiger partial charge in [0.15, 0.2) is 0 Å². The smallest absolute Gasteiger partial charge is 0.0640 e. The van der Waals surface area contributed by atoms with Crippen molar-refractivity contribution in [1.29, 1.82) is 0 Å². The second-order valence-corrected chi connectivity index (χ2v) is 8.06. The number of ether oxygens (including phenoxy) is 1. The molecule has 1 saturated heterocycles. The zero-order valence-electron chi connectivity index (χ0n) is 14.4. The predicted octanol–water partition coefficient (Wildman–Crippen LogP) is 5.25. The third-order valence-corrected chi connectivity index (χ3v) is 5.00. The molecule has 0 aromatic heterocycles. The molecule has 1 heterocycles. The third kappa shape index (κ3) is 4.21. The fraction of sp³-hybridized carbons (Fsp3) is 1.00. The van der Waals surface area contributed by atoms with Crippen molar-refractivity contribution in [3.8, 4) is 0 Å². The van der Waals surface area contributed by atoms with Crippen molar-refractivity contribution in [2.45, 2.75) is 67.9 Å². The van der Waals surface area contributed by atoms with Crippen LogP contribution in [-0.2, 0) is 4.74 Å². The second kappa shape index (κ2) is 7.11. The molecule has 0 radical (unpaired) electrons. The van der Waals surface area contributed by atoms with E-state index < -0.39 is 0 Å². The molecule has 114 valence electrons. The first kappa shape index (κ1) is 17.0. The maximum Gasteiger partial charge on any atom is 0.0640 e. The molecular formula is C18H36O. The minimum Gasteiger partial charge on any atom is -0.377 e. The Balaban J connectivity index is 2.89. The number of hydrogen-bond acceptors (Lipinski definition) is 1. The van der Waals surface area contributed by atoms with E-state index in [9.17, 15) is 0 Å². The molecule has 0 N–H and O–H groups in total. The van der Waals surface area contributed by atoms with Crippen LogP contribution in [0.3, 0.4) is 0 Å². The Morgan fingerprint density at radius 1 is 0.895 bits per heavy atom. The summed E-state index contributed by atoms with van der Waals surface area (Å²) in [6.45, 7) is 19.9. The Bertz CT molecular complexity index is 254. The van der Waals surface area contributed by atoms with Crippen molar-refractivity contribution in [2.75, 3.05) is 6.61 Å². The van der Waals surface area contributed by atoms with Gasteiger partial charge in [0.25, 0.3) is 0 Å². The summed E-state index contributed by atoms with van der Waals surface area (Å²) in [6, 6.07) is 0. The second-order valence-electron chi connectivity index (χ2n) is 8.06. The fourth-order valence-corrected chi connectivity index (χ4v) is 3.94. The lowest BCUT2D eigenvalue weighted by Crippen LogP contribution is -2.36. The third-order valence-electron chi connectivity index (χ3n) is 5.00. The summed E-state index contributed by atoms with van der Waals surface area (Å²) in [5.41, 5.74) is 0. The van der Waals surface area contributed by atoms with Crippen LogP contribution in [0.1, 0.15) is 61.8 Å². The molecule has 0 bridgehead atoms. The SMILES string of the molecule is CC(C)C[C@@H](C(C)C)C1OCC(C(C)C)C1C(C)C. The molecule has 1 aliphatic rings. The zero-order valence-corrected chi connectivity index (χ0v) is 14.4. The Kier molecular flexibility index (Phi) is 6.36. The Hall–Kier alpha value is -0.0400. The first-order valence-electron chi connectivity index (χ1n) is 8.37. The number of hydrogen-bond donors (Lipinski definition) is 0. The summed E-state index contributed by atoms with van der Waals surface area (Å²) in [6.07, 6.45) is 1.78. The molecule has 4 atom stereocenters. The van der Waals surface area contributed by atoms with Crippen LogP contribution in [0, 0.1) is 41.4 Å². The van der Waals surface area contributed by atoms with Gasteiger partial charge < -0.3 is 4.74 Å². The highest BCUT2D eigenvalue weighted by atomic mass is 16.5. The van der Waals surface area contributed by atoms with Gasteiger partial charge >= 0.3 is 0 Å². The van der Waals surface area contributed by atoms with Crippen LogP contribution in [0.5, 0.6) is 0 Å². The van der Waals surface area contributed by atoms with Crippen molar-refractivity contribution in [2.24, 2.45) is 41.4 Å². The Labute approximate surface area is 121 Å². The van der Waals surface area contributed by atoms with Crippen LogP contribution in [0.4, 0.5) is 0 Å². The summed E-state index contributed by atoms with van der Waals surface area (Å²) in [5, 5.41) is 0. The molecule has 0 amide bonds. The summed E-state index contributed by atoms with van der Waals surface area (Å²) in [4.78, 5) is 0. The van der Waals surface area contributed by atoms with E-state index in [0.717, 1.165) is 48.0 Å². The quantitative estimate of drug-likeness (QED) is 0.639. The van der Waals surface area contributed by atoms with Crippen LogP contribution in [0.25, 0.3) is 0 Å². The summed E-state index contributed by atoms with van der Waals surface area (Å²) in [7, 11) is 0. The normalized spacial score (nSPS) is 30.0. The highest BCUT2D eigenvalue weighted by Gasteiger charge is 2.44. The van der Waals surface area contributed by atoms with Gasteiger partial charge in [0.2, 0.25) is 0 Å². The van der Waals surface area contributed by atoms with E-state index in [0.29, 0.717) is 6.10 Å². The van der Waals surface area contributed by atoms with Crippen LogP contribution in [-0.4, -0.2) is 12.7 Å². The molecule has 0 aromatic carbocycles. The molecule has 1 rings (SSSR count). The summed E-state index contributed by atoms with van der Waals surface area (Å²) in [5.74, 6) is 5.17. The molecular weight excluding hydrogens is 232 g/mol. The van der Waals surface area contributed by atoms with Gasteiger partial charge in [-0.25, -0.2) is 0 Å². The lowest BCUT2D eigenvalue weighted by Gasteiger charge is -2.36. The monoisotopic (exact) mass is 268 g/mol. The largest absolute Gasteiger partial charge is 0.377 e. The van der Waals surface area contributed by atoms with Crippen LogP contribution in [0.2, 0.25) is 0 Å². The molecule has 0 aromatic rings. The van der Waals surface area contributed by atoms with E-state index in [1.165, 1.54) is 6.42 Å². The molecule has 3 unspecified atom stereocenters. The van der Waals surface area contributed by atoms with Crippen LogP contribution >= 0.6 is 0 Å². The zero-order chi connectivity index (χ0) is 14.7. The molecule has 0 saturated carbocycles. The summed E-state index contributed by atoms with van der Waals surface area (Å²) >= 11 is 0. The van der Waals surface area contributed by atoms with Gasteiger partial charge in [0.1, 0.15) is 0 Å². The van der Waals surface area contributed by atoms with Crippen molar-refractivity contribution in [1.82, 2.24) is 0 Å². The standard InChI is InChI=1S/C18H36O/c1-11(2)9-15(12(3)4)18-17(14(7)8)16(10-19-18)13(5)6/h11-18H,9-10H2,1-8H3/t15-,16?,17?,18?/m0/s1. The first-order valence-corrected chi connectivity index (χ1v) is 8.37. The molecule has 1 aliphatic heterocycles. The van der Waals surface area contributed by atoms with E-state index in [1.807, 2.05) is 0 Å². The maximum absolute atomic E-state index is 6.33. The highest BCUT2D eigenvalue weighted by molar-refractivity contribution is 4.92. The Morgan fingerprint density at radius 2 is 1.47 bits per heavy atom. The fourth-order valence-electron chi connectivity index (χ4n) is 3.94. The topological polar surface area (TPSA) is 9.23 Å². The maximum atomic E-state index is 6.33. The summed E-state index contributed by atoms with van der Waals surface area (Å²) < 4.78 is 6.33. The molecule has 1 heteroatoms. The number of rotatable bonds is 6. The van der Waals surface area contributed by atoms with Gasteiger partial charge in [0.05, 0.1) is 12.7 Å². The molecule has 19 heavy (non-hydrogen) atoms. The van der Waals surface area contributed by atoms with Crippen molar-refractivity contribution < 1.29 is 4.74 Å².